The van der Waals surface area contributed by atoms with Crippen molar-refractivity contribution in [1.82, 2.24) is 10.2 Å². The highest BCUT2D eigenvalue weighted by Crippen LogP contribution is 2.38. The molecule has 1 aliphatic carbocycles. The van der Waals surface area contributed by atoms with Gasteiger partial charge in [-0.1, -0.05) is 59.6 Å². The number of halogens is 2. The van der Waals surface area contributed by atoms with Gasteiger partial charge in [-0.3, -0.25) is 14.5 Å². The van der Waals surface area contributed by atoms with Crippen LogP contribution in [0.1, 0.15) is 48.5 Å². The third kappa shape index (κ3) is 5.74. The van der Waals surface area contributed by atoms with Crippen LogP contribution in [0.25, 0.3) is 21.2 Å². The third-order valence-electron chi connectivity index (χ3n) is 7.89. The summed E-state index contributed by atoms with van der Waals surface area (Å²) in [5.41, 5.74) is 1.18. The Kier molecular flexibility index (Phi) is 7.83. The van der Waals surface area contributed by atoms with Crippen LogP contribution in [-0.4, -0.2) is 46.9 Å². The molecule has 1 amide bonds. The quantitative estimate of drug-likeness (QED) is 0.157. The second kappa shape index (κ2) is 11.4. The summed E-state index contributed by atoms with van der Waals surface area (Å²) in [5, 5.41) is 16.3. The van der Waals surface area contributed by atoms with Crippen molar-refractivity contribution in [2.75, 3.05) is 13.1 Å². The minimum absolute atomic E-state index is 0.192. The van der Waals surface area contributed by atoms with Crippen LogP contribution in [0.3, 0.4) is 0 Å². The van der Waals surface area contributed by atoms with E-state index >= 15 is 0 Å². The number of benzene rings is 3. The molecule has 2 atom stereocenters. The number of ether oxygens (including phenoxy) is 1. The molecule has 2 heterocycles. The molecule has 2 N–H and O–H groups in total. The van der Waals surface area contributed by atoms with Crippen LogP contribution in [0.4, 0.5) is 0 Å². The predicted octanol–water partition coefficient (Wildman–Crippen LogP) is 7.04. The second-order valence-electron chi connectivity index (χ2n) is 10.8. The standard InChI is InChI=1S/C32H30Cl2N2O4S/c1-19(32(39,36-14-2-3-15-36)24-9-12-27(26(33)18-24)40-25-10-11-25)35-31(38)30(37)21-6-4-20(5-7-21)22-8-13-28-23(16-22)17-29(34)41-28/h4-9,12-13,16-19,25,39H,2-3,10-11,14-15H2,1H3,(H,35,38)/t19-,32+/m1/s1. The van der Waals surface area contributed by atoms with E-state index < -0.39 is 23.5 Å². The summed E-state index contributed by atoms with van der Waals surface area (Å²) in [5.74, 6) is -0.869. The van der Waals surface area contributed by atoms with E-state index in [-0.39, 0.29) is 11.7 Å². The number of hydrogen-bond donors (Lipinski definition) is 2. The van der Waals surface area contributed by atoms with Gasteiger partial charge >= 0.3 is 0 Å². The van der Waals surface area contributed by atoms with Crippen molar-refractivity contribution in [3.63, 3.8) is 0 Å². The van der Waals surface area contributed by atoms with Crippen LogP contribution in [0.5, 0.6) is 5.75 Å². The fourth-order valence-electron chi connectivity index (χ4n) is 5.45. The lowest BCUT2D eigenvalue weighted by Gasteiger charge is -2.42. The summed E-state index contributed by atoms with van der Waals surface area (Å²) in [6.07, 6.45) is 4.07. The van der Waals surface area contributed by atoms with Gasteiger partial charge in [-0.2, -0.15) is 0 Å². The van der Waals surface area contributed by atoms with Gasteiger partial charge in [0.1, 0.15) is 5.75 Å². The fraction of sp³-hybridized carbons (Fsp3) is 0.312. The molecule has 212 valence electrons. The molecular weight excluding hydrogens is 579 g/mol. The number of ketones is 1. The van der Waals surface area contributed by atoms with Crippen molar-refractivity contribution in [2.45, 2.75) is 50.5 Å². The molecule has 2 fully saturated rings. The minimum atomic E-state index is -1.55. The topological polar surface area (TPSA) is 78.9 Å². The second-order valence-corrected chi connectivity index (χ2v) is 12.9. The normalized spacial score (nSPS) is 17.8. The Bertz CT molecular complexity index is 1610. The van der Waals surface area contributed by atoms with E-state index in [1.54, 1.807) is 37.3 Å². The van der Waals surface area contributed by atoms with Crippen LogP contribution < -0.4 is 10.1 Å². The van der Waals surface area contributed by atoms with Gasteiger partial charge in [0, 0.05) is 28.9 Å². The molecule has 0 radical (unpaired) electrons. The van der Waals surface area contributed by atoms with Crippen molar-refractivity contribution in [3.8, 4) is 16.9 Å². The number of carbonyl (C=O) groups is 2. The van der Waals surface area contributed by atoms with E-state index in [1.807, 2.05) is 35.2 Å². The van der Waals surface area contributed by atoms with Gasteiger partial charge in [0.05, 0.1) is 21.5 Å². The Morgan fingerprint density at radius 3 is 2.39 bits per heavy atom. The number of rotatable bonds is 9. The first-order valence-corrected chi connectivity index (χ1v) is 15.4. The van der Waals surface area contributed by atoms with Crippen LogP contribution in [0, 0.1) is 0 Å². The summed E-state index contributed by atoms with van der Waals surface area (Å²) in [4.78, 5) is 28.2. The summed E-state index contributed by atoms with van der Waals surface area (Å²) in [6, 6.07) is 19.4. The first kappa shape index (κ1) is 28.2. The maximum Gasteiger partial charge on any atom is 0.292 e. The Morgan fingerprint density at radius 1 is 1.00 bits per heavy atom. The molecule has 9 heteroatoms. The Balaban J connectivity index is 1.19. The highest BCUT2D eigenvalue weighted by Gasteiger charge is 2.44. The smallest absolute Gasteiger partial charge is 0.292 e. The van der Waals surface area contributed by atoms with E-state index in [4.69, 9.17) is 27.9 Å². The first-order valence-electron chi connectivity index (χ1n) is 13.8. The number of hydrogen-bond acceptors (Lipinski definition) is 6. The third-order valence-corrected chi connectivity index (χ3v) is 9.43. The monoisotopic (exact) mass is 608 g/mol. The van der Waals surface area contributed by atoms with Gasteiger partial charge in [0.15, 0.2) is 5.72 Å². The number of amides is 1. The number of thiophene rings is 1. The van der Waals surface area contributed by atoms with Crippen LogP contribution in [-0.2, 0) is 10.5 Å². The van der Waals surface area contributed by atoms with E-state index in [9.17, 15) is 14.7 Å². The summed E-state index contributed by atoms with van der Waals surface area (Å²) in [7, 11) is 0. The summed E-state index contributed by atoms with van der Waals surface area (Å²) < 4.78 is 7.71. The average Bonchev–Trinajstić information content (AvgIpc) is 3.45. The van der Waals surface area contributed by atoms with Gasteiger partial charge in [-0.05, 0) is 79.5 Å². The zero-order valence-electron chi connectivity index (χ0n) is 22.5. The molecule has 2 aliphatic rings. The van der Waals surface area contributed by atoms with E-state index in [0.29, 0.717) is 29.4 Å². The van der Waals surface area contributed by atoms with Crippen molar-refractivity contribution in [1.29, 1.82) is 0 Å². The Labute approximate surface area is 252 Å². The lowest BCUT2D eigenvalue weighted by molar-refractivity contribution is -0.139. The summed E-state index contributed by atoms with van der Waals surface area (Å²) >= 11 is 14.2. The minimum Gasteiger partial charge on any atom is -0.489 e. The zero-order valence-corrected chi connectivity index (χ0v) is 24.9. The van der Waals surface area contributed by atoms with Gasteiger partial charge in [0.2, 0.25) is 5.78 Å². The number of aliphatic hydroxyl groups is 1. The van der Waals surface area contributed by atoms with Crippen molar-refractivity contribution < 1.29 is 19.4 Å². The molecule has 6 rings (SSSR count). The molecule has 1 aromatic heterocycles. The van der Waals surface area contributed by atoms with Crippen LogP contribution in [0.15, 0.2) is 66.7 Å². The van der Waals surface area contributed by atoms with E-state index in [1.165, 1.54) is 11.3 Å². The average molecular weight is 610 g/mol. The SMILES string of the molecule is C[C@@H](NC(=O)C(=O)c1ccc(-c2ccc3sc(Cl)cc3c2)cc1)[C@](O)(c1ccc(OC2CC2)c(Cl)c1)N1CCCC1. The number of likely N-dealkylation sites (tertiary alicyclic amines) is 1. The van der Waals surface area contributed by atoms with Crippen molar-refractivity contribution in [3.05, 3.63) is 87.2 Å². The Hall–Kier alpha value is -2.94. The number of carbonyl (C=O) groups excluding carboxylic acids is 2. The number of fused-ring (bicyclic) bond motifs is 1. The summed E-state index contributed by atoms with van der Waals surface area (Å²) in [6.45, 7) is 3.03. The first-order chi connectivity index (χ1) is 19.7. The number of nitrogens with zero attached hydrogens (tertiary/aromatic N) is 1. The molecule has 0 bridgehead atoms. The maximum absolute atomic E-state index is 13.2. The van der Waals surface area contributed by atoms with E-state index in [2.05, 4.69) is 11.4 Å². The fourth-order valence-corrected chi connectivity index (χ4v) is 6.81. The Morgan fingerprint density at radius 2 is 1.71 bits per heavy atom. The van der Waals surface area contributed by atoms with Crippen molar-refractivity contribution >= 4 is 56.3 Å². The van der Waals surface area contributed by atoms with Crippen molar-refractivity contribution in [2.24, 2.45) is 0 Å². The molecule has 0 spiro atoms. The molecule has 41 heavy (non-hydrogen) atoms. The molecule has 1 aliphatic heterocycles. The molecule has 3 aromatic carbocycles. The van der Waals surface area contributed by atoms with Gasteiger partial charge < -0.3 is 15.2 Å². The highest BCUT2D eigenvalue weighted by atomic mass is 35.5. The molecular formula is C32H30Cl2N2O4S. The highest BCUT2D eigenvalue weighted by molar-refractivity contribution is 7.22. The molecule has 6 nitrogen and oxygen atoms in total. The number of nitrogens with one attached hydrogen (secondary N) is 1. The number of Topliss-reactive ketones (excluding diaryl/α,β-unsaturated/α-hetero) is 1. The van der Waals surface area contributed by atoms with Crippen LogP contribution >= 0.6 is 34.5 Å². The zero-order chi connectivity index (χ0) is 28.7. The van der Waals surface area contributed by atoms with Crippen LogP contribution in [0.2, 0.25) is 9.36 Å². The predicted molar refractivity (Wildman–Crippen MR) is 164 cm³/mol. The molecule has 4 aromatic rings. The largest absolute Gasteiger partial charge is 0.489 e. The van der Waals surface area contributed by atoms with Gasteiger partial charge in [-0.15, -0.1) is 11.3 Å². The maximum atomic E-state index is 13.2. The van der Waals surface area contributed by atoms with Gasteiger partial charge in [0.25, 0.3) is 5.91 Å². The van der Waals surface area contributed by atoms with E-state index in [0.717, 1.165) is 51.2 Å². The lowest BCUT2D eigenvalue weighted by atomic mass is 9.93. The lowest BCUT2D eigenvalue weighted by Crippen LogP contribution is -2.59. The molecule has 0 unspecified atom stereocenters. The molecule has 1 saturated heterocycles. The van der Waals surface area contributed by atoms with Gasteiger partial charge in [-0.25, -0.2) is 0 Å². The molecule has 1 saturated carbocycles.